The second-order valence-corrected chi connectivity index (χ2v) is 10.3. The number of carbonyl (C=O) groups is 1. The van der Waals surface area contributed by atoms with E-state index in [1.54, 1.807) is 0 Å². The van der Waals surface area contributed by atoms with Gasteiger partial charge in [-0.15, -0.1) is 0 Å². The van der Waals surface area contributed by atoms with E-state index >= 15 is 0 Å². The summed E-state index contributed by atoms with van der Waals surface area (Å²) >= 11 is 0. The largest absolute Gasteiger partial charge is 0.493 e. The van der Waals surface area contributed by atoms with Crippen LogP contribution >= 0.6 is 0 Å². The Hall–Kier alpha value is -3.68. The third kappa shape index (κ3) is 4.16. The van der Waals surface area contributed by atoms with Crippen molar-refractivity contribution in [2.24, 2.45) is 5.41 Å². The maximum absolute atomic E-state index is 12.1. The molecular weight excluding hydrogens is 428 g/mol. The number of nitrogens with one attached hydrogen (secondary N) is 1. The lowest BCUT2D eigenvalue weighted by Crippen LogP contribution is -2.78. The zero-order chi connectivity index (χ0) is 23.9. The summed E-state index contributed by atoms with van der Waals surface area (Å²) in [6.45, 7) is 13.0. The molecule has 0 radical (unpaired) electrons. The molecule has 2 aliphatic rings. The summed E-state index contributed by atoms with van der Waals surface area (Å²) < 4.78 is 5.95. The lowest BCUT2D eigenvalue weighted by atomic mass is 9.77. The van der Waals surface area contributed by atoms with E-state index in [0.717, 1.165) is 48.8 Å². The number of pyridine rings is 1. The van der Waals surface area contributed by atoms with E-state index in [4.69, 9.17) is 9.72 Å². The van der Waals surface area contributed by atoms with Crippen molar-refractivity contribution in [3.8, 4) is 5.75 Å². The maximum Gasteiger partial charge on any atom is 0.246 e. The van der Waals surface area contributed by atoms with Gasteiger partial charge in [-0.05, 0) is 42.2 Å². The first-order valence-electron chi connectivity index (χ1n) is 11.6. The smallest absolute Gasteiger partial charge is 0.246 e. The molecule has 8 nitrogen and oxygen atoms in total. The number of likely N-dealkylation sites (tertiary alicyclic amines) is 1. The van der Waals surface area contributed by atoms with Crippen LogP contribution in [0.1, 0.15) is 27.2 Å². The zero-order valence-electron chi connectivity index (χ0n) is 19.9. The molecule has 34 heavy (non-hydrogen) atoms. The van der Waals surface area contributed by atoms with Crippen molar-refractivity contribution in [3.05, 3.63) is 55.4 Å². The van der Waals surface area contributed by atoms with Crippen LogP contribution in [0, 0.1) is 5.41 Å². The number of anilines is 3. The monoisotopic (exact) mass is 458 g/mol. The Morgan fingerprint density at radius 2 is 2.06 bits per heavy atom. The lowest BCUT2D eigenvalue weighted by Gasteiger charge is -2.62. The van der Waals surface area contributed by atoms with Crippen molar-refractivity contribution >= 4 is 34.3 Å². The highest BCUT2D eigenvalue weighted by Gasteiger charge is 2.55. The van der Waals surface area contributed by atoms with Gasteiger partial charge in [0.05, 0.1) is 17.7 Å². The fraction of sp³-hybridized carbons (Fsp3) is 0.385. The summed E-state index contributed by atoms with van der Waals surface area (Å²) in [5.41, 5.74) is 2.34. The van der Waals surface area contributed by atoms with Crippen molar-refractivity contribution in [2.45, 2.75) is 32.7 Å². The molecule has 2 aromatic heterocycles. The van der Waals surface area contributed by atoms with Crippen LogP contribution in [-0.4, -0.2) is 57.5 Å². The molecule has 0 atom stereocenters. The average Bonchev–Trinajstić information content (AvgIpc) is 2.76. The van der Waals surface area contributed by atoms with Crippen molar-refractivity contribution in [3.63, 3.8) is 0 Å². The first-order valence-corrected chi connectivity index (χ1v) is 11.6. The Morgan fingerprint density at radius 3 is 2.76 bits per heavy atom. The quantitative estimate of drug-likeness (QED) is 0.555. The number of rotatable bonds is 6. The van der Waals surface area contributed by atoms with Gasteiger partial charge in [-0.2, -0.15) is 0 Å². The van der Waals surface area contributed by atoms with Gasteiger partial charge in [0.2, 0.25) is 5.91 Å². The molecule has 0 aliphatic carbocycles. The summed E-state index contributed by atoms with van der Waals surface area (Å²) in [6, 6.07) is 11.8. The van der Waals surface area contributed by atoms with Gasteiger partial charge < -0.3 is 19.9 Å². The number of aromatic nitrogens is 3. The number of nitrogens with zero attached hydrogens (tertiary/aromatic N) is 5. The molecule has 1 N–H and O–H groups in total. The number of amides is 1. The highest BCUT2D eigenvalue weighted by atomic mass is 16.5. The summed E-state index contributed by atoms with van der Waals surface area (Å²) in [6.07, 6.45) is 3.95. The molecule has 0 bridgehead atoms. The molecule has 2 fully saturated rings. The van der Waals surface area contributed by atoms with Gasteiger partial charge in [0.15, 0.2) is 5.82 Å². The topological polar surface area (TPSA) is 83.5 Å². The second-order valence-electron chi connectivity index (χ2n) is 10.3. The van der Waals surface area contributed by atoms with Crippen LogP contribution in [0.15, 0.2) is 55.4 Å². The van der Waals surface area contributed by atoms with E-state index in [2.05, 4.69) is 47.5 Å². The van der Waals surface area contributed by atoms with Crippen molar-refractivity contribution in [2.75, 3.05) is 36.5 Å². The van der Waals surface area contributed by atoms with Gasteiger partial charge >= 0.3 is 0 Å². The van der Waals surface area contributed by atoms with E-state index < -0.39 is 0 Å². The van der Waals surface area contributed by atoms with Crippen LogP contribution in [0.3, 0.4) is 0 Å². The molecule has 176 valence electrons. The summed E-state index contributed by atoms with van der Waals surface area (Å²) in [7, 11) is 0. The number of carbonyl (C=O) groups excluding carboxylic acids is 1. The second kappa shape index (κ2) is 8.27. The average molecular weight is 459 g/mol. The lowest BCUT2D eigenvalue weighted by molar-refractivity contribution is -0.144. The molecule has 1 spiro atoms. The number of ether oxygens (including phenoxy) is 1. The van der Waals surface area contributed by atoms with Crippen molar-refractivity contribution in [1.82, 2.24) is 19.9 Å². The number of hydrogen-bond acceptors (Lipinski definition) is 7. The van der Waals surface area contributed by atoms with E-state index in [9.17, 15) is 4.79 Å². The minimum absolute atomic E-state index is 0.00552. The fourth-order valence-corrected chi connectivity index (χ4v) is 4.45. The molecule has 2 aliphatic heterocycles. The minimum atomic E-state index is -0.0797. The highest BCUT2D eigenvalue weighted by Crippen LogP contribution is 2.41. The van der Waals surface area contributed by atoms with Crippen LogP contribution in [0.5, 0.6) is 5.75 Å². The van der Waals surface area contributed by atoms with E-state index in [1.807, 2.05) is 41.3 Å². The highest BCUT2D eigenvalue weighted by molar-refractivity contribution is 5.90. The van der Waals surface area contributed by atoms with Crippen LogP contribution < -0.4 is 15.0 Å². The van der Waals surface area contributed by atoms with E-state index in [-0.39, 0.29) is 16.9 Å². The molecule has 1 aromatic carbocycles. The first kappa shape index (κ1) is 22.1. The molecular formula is C26H30N6O2. The number of fused-ring (bicyclic) bond motifs is 1. The normalized spacial score (nSPS) is 16.7. The van der Waals surface area contributed by atoms with Gasteiger partial charge in [-0.25, -0.2) is 15.0 Å². The molecule has 3 aromatic rings. The standard InChI is InChI=1S/C26H30N6O2/c1-5-22(33)32-12-11-26(32)14-31(15-26)21-10-9-20-23(30-21)24(28-17-27-20)29-18-7-6-8-19(13-18)34-16-25(2,3)4/h5-10,13,17H,1,11-12,14-16H2,2-4H3,(H,27,28,29). The molecule has 8 heteroatoms. The molecule has 0 saturated carbocycles. The van der Waals surface area contributed by atoms with Crippen LogP contribution in [-0.2, 0) is 4.79 Å². The Bertz CT molecular complexity index is 1250. The molecule has 0 unspecified atom stereocenters. The maximum atomic E-state index is 12.1. The summed E-state index contributed by atoms with van der Waals surface area (Å²) in [5, 5.41) is 3.38. The van der Waals surface area contributed by atoms with Crippen LogP contribution in [0.4, 0.5) is 17.3 Å². The zero-order valence-corrected chi connectivity index (χ0v) is 19.9. The van der Waals surface area contributed by atoms with E-state index in [0.29, 0.717) is 17.9 Å². The van der Waals surface area contributed by atoms with Crippen molar-refractivity contribution < 1.29 is 9.53 Å². The van der Waals surface area contributed by atoms with Gasteiger partial charge in [-0.3, -0.25) is 4.79 Å². The fourth-order valence-electron chi connectivity index (χ4n) is 4.45. The third-order valence-electron chi connectivity index (χ3n) is 6.34. The number of hydrogen-bond donors (Lipinski definition) is 1. The van der Waals surface area contributed by atoms with Gasteiger partial charge in [0.25, 0.3) is 0 Å². The molecule has 2 saturated heterocycles. The Morgan fingerprint density at radius 1 is 1.24 bits per heavy atom. The van der Waals surface area contributed by atoms with Crippen LogP contribution in [0.25, 0.3) is 11.0 Å². The predicted octanol–water partition coefficient (Wildman–Crippen LogP) is 4.17. The SMILES string of the molecule is C=CC(=O)N1CCC12CN(c1ccc3ncnc(Nc4cccc(OCC(C)(C)C)c4)c3n1)C2. The first-order chi connectivity index (χ1) is 16.3. The Balaban J connectivity index is 1.34. The summed E-state index contributed by atoms with van der Waals surface area (Å²) in [5.74, 6) is 2.31. The molecule has 4 heterocycles. The van der Waals surface area contributed by atoms with E-state index in [1.165, 1.54) is 12.4 Å². The van der Waals surface area contributed by atoms with Gasteiger partial charge in [0.1, 0.15) is 23.4 Å². The molecule has 5 rings (SSSR count). The summed E-state index contributed by atoms with van der Waals surface area (Å²) in [4.78, 5) is 29.9. The number of benzene rings is 1. The van der Waals surface area contributed by atoms with Crippen molar-refractivity contribution in [1.29, 1.82) is 0 Å². The minimum Gasteiger partial charge on any atom is -0.493 e. The molecule has 1 amide bonds. The Kier molecular flexibility index (Phi) is 5.38. The predicted molar refractivity (Wildman–Crippen MR) is 133 cm³/mol. The third-order valence-corrected chi connectivity index (χ3v) is 6.34. The van der Waals surface area contributed by atoms with Gasteiger partial charge in [-0.1, -0.05) is 33.4 Å². The Labute approximate surface area is 199 Å². The van der Waals surface area contributed by atoms with Crippen LogP contribution in [0.2, 0.25) is 0 Å². The van der Waals surface area contributed by atoms with Gasteiger partial charge in [0, 0.05) is 31.4 Å².